The summed E-state index contributed by atoms with van der Waals surface area (Å²) in [6.45, 7) is 5.38. The van der Waals surface area contributed by atoms with Crippen LogP contribution >= 0.6 is 11.6 Å². The van der Waals surface area contributed by atoms with E-state index in [0.717, 1.165) is 13.1 Å². The fraction of sp³-hybridized carbons (Fsp3) is 0.368. The lowest BCUT2D eigenvalue weighted by molar-refractivity contribution is -0.128. The quantitative estimate of drug-likeness (QED) is 0.282. The molecule has 0 radical (unpaired) electrons. The van der Waals surface area contributed by atoms with E-state index in [1.54, 1.807) is 6.92 Å². The summed E-state index contributed by atoms with van der Waals surface area (Å²) in [7, 11) is 1.12. The molecule has 1 unspecified atom stereocenters. The molecule has 1 aliphatic rings. The Kier molecular flexibility index (Phi) is 6.87. The lowest BCUT2D eigenvalue weighted by Gasteiger charge is -2.32. The van der Waals surface area contributed by atoms with Crippen molar-refractivity contribution in [3.63, 3.8) is 0 Å². The first-order chi connectivity index (χ1) is 13.1. The number of amides is 1. The summed E-state index contributed by atoms with van der Waals surface area (Å²) in [6.07, 6.45) is -2.16. The molecule has 0 spiro atoms. The molecule has 0 aromatic heterocycles. The first kappa shape index (κ1) is 21.9. The largest absolute Gasteiger partial charge is 0.364 e. The summed E-state index contributed by atoms with van der Waals surface area (Å²) in [6, 6.07) is 2.80. The Bertz CT molecular complexity index is 836. The van der Waals surface area contributed by atoms with E-state index in [9.17, 15) is 22.4 Å². The minimum Gasteiger partial charge on any atom is -0.364 e. The van der Waals surface area contributed by atoms with Crippen molar-refractivity contribution in [2.75, 3.05) is 7.05 Å². The SMILES string of the molecule is C=C(c1ccc(Cl)cc1F)C(C)N(C(=O)/C(C(=N)C(F)F)=C(\F)NC)C1CC1. The molecule has 1 saturated carbocycles. The molecule has 0 heterocycles. The third-order valence-electron chi connectivity index (χ3n) is 4.51. The molecule has 0 saturated heterocycles. The van der Waals surface area contributed by atoms with Gasteiger partial charge < -0.3 is 10.2 Å². The van der Waals surface area contributed by atoms with Crippen LogP contribution in [0.5, 0.6) is 0 Å². The highest BCUT2D eigenvalue weighted by atomic mass is 35.5. The van der Waals surface area contributed by atoms with Crippen LogP contribution in [0.2, 0.25) is 5.02 Å². The second-order valence-electron chi connectivity index (χ2n) is 6.42. The summed E-state index contributed by atoms with van der Waals surface area (Å²) in [4.78, 5) is 14.1. The molecule has 28 heavy (non-hydrogen) atoms. The number of benzene rings is 1. The van der Waals surface area contributed by atoms with Crippen molar-refractivity contribution in [1.82, 2.24) is 10.2 Å². The van der Waals surface area contributed by atoms with E-state index in [2.05, 4.69) is 6.58 Å². The van der Waals surface area contributed by atoms with E-state index in [1.807, 2.05) is 5.32 Å². The summed E-state index contributed by atoms with van der Waals surface area (Å²) in [5.41, 5.74) is -2.14. The van der Waals surface area contributed by atoms with E-state index in [0.29, 0.717) is 12.8 Å². The van der Waals surface area contributed by atoms with Crippen LogP contribution in [0.1, 0.15) is 25.3 Å². The molecular weight excluding hydrogens is 398 g/mol. The first-order valence-corrected chi connectivity index (χ1v) is 8.89. The van der Waals surface area contributed by atoms with Crippen LogP contribution in [-0.2, 0) is 4.79 Å². The van der Waals surface area contributed by atoms with Crippen LogP contribution in [0.4, 0.5) is 17.6 Å². The fourth-order valence-corrected chi connectivity index (χ4v) is 3.00. The molecule has 9 heteroatoms. The molecule has 152 valence electrons. The normalized spacial score (nSPS) is 15.7. The van der Waals surface area contributed by atoms with Gasteiger partial charge in [-0.15, -0.1) is 0 Å². The second kappa shape index (κ2) is 8.77. The number of hydrogen-bond acceptors (Lipinski definition) is 3. The van der Waals surface area contributed by atoms with E-state index in [-0.39, 0.29) is 22.2 Å². The van der Waals surface area contributed by atoms with Gasteiger partial charge in [-0.05, 0) is 37.5 Å². The molecule has 2 N–H and O–H groups in total. The number of rotatable bonds is 8. The van der Waals surface area contributed by atoms with Crippen LogP contribution in [0, 0.1) is 11.2 Å². The summed E-state index contributed by atoms with van der Waals surface area (Å²) in [5.74, 6) is -3.04. The van der Waals surface area contributed by atoms with Crippen LogP contribution in [-0.4, -0.2) is 42.1 Å². The maximum Gasteiger partial charge on any atom is 0.280 e. The topological polar surface area (TPSA) is 56.2 Å². The Balaban J connectivity index is 2.42. The predicted molar refractivity (Wildman–Crippen MR) is 101 cm³/mol. The third kappa shape index (κ3) is 4.55. The van der Waals surface area contributed by atoms with Gasteiger partial charge in [-0.2, -0.15) is 4.39 Å². The average Bonchev–Trinajstić information content (AvgIpc) is 3.46. The van der Waals surface area contributed by atoms with Crippen molar-refractivity contribution in [3.05, 3.63) is 52.7 Å². The Morgan fingerprint density at radius 1 is 1.39 bits per heavy atom. The van der Waals surface area contributed by atoms with E-state index < -0.39 is 41.4 Å². The minimum atomic E-state index is -3.33. The maximum atomic E-state index is 14.3. The van der Waals surface area contributed by atoms with Crippen LogP contribution in [0.3, 0.4) is 0 Å². The fourth-order valence-electron chi connectivity index (χ4n) is 2.84. The van der Waals surface area contributed by atoms with E-state index >= 15 is 0 Å². The van der Waals surface area contributed by atoms with Crippen molar-refractivity contribution in [2.45, 2.75) is 38.3 Å². The molecule has 1 aromatic carbocycles. The van der Waals surface area contributed by atoms with Gasteiger partial charge in [0, 0.05) is 23.7 Å². The molecule has 1 amide bonds. The van der Waals surface area contributed by atoms with Gasteiger partial charge in [-0.25, -0.2) is 13.2 Å². The van der Waals surface area contributed by atoms with E-state index in [1.165, 1.54) is 17.0 Å². The molecule has 1 aromatic rings. The van der Waals surface area contributed by atoms with E-state index in [4.69, 9.17) is 17.0 Å². The second-order valence-corrected chi connectivity index (χ2v) is 6.86. The number of carbonyl (C=O) groups excluding carboxylic acids is 1. The molecule has 1 fully saturated rings. The Morgan fingerprint density at radius 2 is 2.00 bits per heavy atom. The van der Waals surface area contributed by atoms with Gasteiger partial charge in [0.05, 0.1) is 6.04 Å². The van der Waals surface area contributed by atoms with Crippen molar-refractivity contribution in [2.24, 2.45) is 0 Å². The van der Waals surface area contributed by atoms with Gasteiger partial charge >= 0.3 is 0 Å². The standard InChI is InChI=1S/C19H20ClF4N3O/c1-9(13-7-4-11(20)8-14(13)21)10(2)27(12-5-6-12)19(28)15(18(24)26-3)16(25)17(22)23/h4,7-8,10,12,17,25-26H,1,5-6H2,2-3H3/b18-15+,25-16?. The highest BCUT2D eigenvalue weighted by Gasteiger charge is 2.41. The number of carbonyl (C=O) groups is 1. The summed E-state index contributed by atoms with van der Waals surface area (Å²) < 4.78 is 54.5. The predicted octanol–water partition coefficient (Wildman–Crippen LogP) is 4.56. The molecular formula is C19H20ClF4N3O. The van der Waals surface area contributed by atoms with Crippen molar-refractivity contribution in [1.29, 1.82) is 5.41 Å². The number of nitrogens with zero attached hydrogens (tertiary/aromatic N) is 1. The van der Waals surface area contributed by atoms with Crippen LogP contribution in [0.15, 0.2) is 36.3 Å². The lowest BCUT2D eigenvalue weighted by atomic mass is 9.98. The highest BCUT2D eigenvalue weighted by molar-refractivity contribution is 6.30. The minimum absolute atomic E-state index is 0.110. The maximum absolute atomic E-state index is 14.3. The molecule has 2 rings (SSSR count). The highest BCUT2D eigenvalue weighted by Crippen LogP contribution is 2.35. The number of hydrogen-bond donors (Lipinski definition) is 2. The summed E-state index contributed by atoms with van der Waals surface area (Å²) in [5, 5.41) is 9.65. The van der Waals surface area contributed by atoms with Crippen LogP contribution in [0.25, 0.3) is 5.57 Å². The van der Waals surface area contributed by atoms with Gasteiger partial charge in [0.2, 0.25) is 5.95 Å². The Hall–Kier alpha value is -2.35. The van der Waals surface area contributed by atoms with Gasteiger partial charge in [-0.3, -0.25) is 10.2 Å². The lowest BCUT2D eigenvalue weighted by Crippen LogP contribution is -2.44. The smallest absolute Gasteiger partial charge is 0.280 e. The number of alkyl halides is 2. The zero-order chi connectivity index (χ0) is 21.2. The molecule has 1 aliphatic carbocycles. The molecule has 4 nitrogen and oxygen atoms in total. The van der Waals surface area contributed by atoms with Crippen LogP contribution < -0.4 is 5.32 Å². The van der Waals surface area contributed by atoms with Crippen molar-refractivity contribution < 1.29 is 22.4 Å². The Morgan fingerprint density at radius 3 is 2.46 bits per heavy atom. The molecule has 0 bridgehead atoms. The average molecular weight is 418 g/mol. The summed E-state index contributed by atoms with van der Waals surface area (Å²) >= 11 is 5.75. The molecule has 0 aliphatic heterocycles. The zero-order valence-corrected chi connectivity index (χ0v) is 16.1. The molecule has 1 atom stereocenters. The monoisotopic (exact) mass is 417 g/mol. The number of halogens is 5. The first-order valence-electron chi connectivity index (χ1n) is 8.51. The van der Waals surface area contributed by atoms with Gasteiger partial charge in [0.15, 0.2) is 0 Å². The zero-order valence-electron chi connectivity index (χ0n) is 15.3. The third-order valence-corrected chi connectivity index (χ3v) is 4.75. The van der Waals surface area contributed by atoms with Gasteiger partial charge in [-0.1, -0.05) is 24.2 Å². The number of nitrogens with one attached hydrogen (secondary N) is 2. The Labute approximate surface area is 165 Å². The van der Waals surface area contributed by atoms with Gasteiger partial charge in [0.25, 0.3) is 12.3 Å². The van der Waals surface area contributed by atoms with Crippen molar-refractivity contribution in [3.8, 4) is 0 Å². The van der Waals surface area contributed by atoms with Gasteiger partial charge in [0.1, 0.15) is 17.1 Å². The van der Waals surface area contributed by atoms with Crippen molar-refractivity contribution >= 4 is 28.8 Å².